The van der Waals surface area contributed by atoms with Gasteiger partial charge in [0.1, 0.15) is 23.5 Å². The highest BCUT2D eigenvalue weighted by molar-refractivity contribution is 7.99. The monoisotopic (exact) mass is 557 g/mol. The van der Waals surface area contributed by atoms with Gasteiger partial charge in [-0.2, -0.15) is 5.26 Å². The molecule has 0 amide bonds. The van der Waals surface area contributed by atoms with Crippen LogP contribution >= 0.6 is 35.0 Å². The second-order valence-electron chi connectivity index (χ2n) is 7.83. The van der Waals surface area contributed by atoms with Crippen LogP contribution in [-0.2, 0) is 6.61 Å². The molecule has 0 radical (unpaired) electrons. The molecule has 1 aromatic heterocycles. The van der Waals surface area contributed by atoms with E-state index in [0.717, 1.165) is 11.8 Å². The molecule has 0 N–H and O–H groups in total. The number of aromatic nitrogens is 3. The molecule has 0 saturated heterocycles. The number of nitrogens with zero attached hydrogens (tertiary/aromatic N) is 5. The van der Waals surface area contributed by atoms with Crippen LogP contribution in [0, 0.1) is 34.2 Å². The number of benzene rings is 3. The fourth-order valence-corrected chi connectivity index (χ4v) is 5.36. The van der Waals surface area contributed by atoms with Crippen molar-refractivity contribution in [1.82, 2.24) is 14.8 Å². The number of hydrogen-bond donors (Lipinski definition) is 0. The molecule has 37 heavy (non-hydrogen) atoms. The summed E-state index contributed by atoms with van der Waals surface area (Å²) in [7, 11) is 0. The molecule has 0 aliphatic heterocycles. The lowest BCUT2D eigenvalue weighted by Crippen LogP contribution is -2.11. The van der Waals surface area contributed by atoms with Gasteiger partial charge in [0.15, 0.2) is 10.9 Å². The van der Waals surface area contributed by atoms with Gasteiger partial charge in [0, 0.05) is 16.2 Å². The zero-order chi connectivity index (χ0) is 26.5. The maximum absolute atomic E-state index is 13.4. The number of aryl methyl sites for hydroxylation is 1. The van der Waals surface area contributed by atoms with Gasteiger partial charge < -0.3 is 4.74 Å². The van der Waals surface area contributed by atoms with Crippen LogP contribution in [0.1, 0.15) is 27.8 Å². The van der Waals surface area contributed by atoms with E-state index in [2.05, 4.69) is 16.3 Å². The van der Waals surface area contributed by atoms with Crippen molar-refractivity contribution in [1.29, 1.82) is 5.26 Å². The summed E-state index contributed by atoms with van der Waals surface area (Å²) in [5, 5.41) is 29.1. The largest absolute Gasteiger partial charge is 0.486 e. The highest BCUT2D eigenvalue weighted by Crippen LogP contribution is 2.42. The van der Waals surface area contributed by atoms with E-state index in [0.29, 0.717) is 33.4 Å². The fourth-order valence-electron chi connectivity index (χ4n) is 3.59. The summed E-state index contributed by atoms with van der Waals surface area (Å²) in [6.07, 6.45) is 0. The third-order valence-electron chi connectivity index (χ3n) is 5.34. The van der Waals surface area contributed by atoms with Crippen molar-refractivity contribution in [2.75, 3.05) is 6.54 Å². The van der Waals surface area contributed by atoms with Crippen LogP contribution in [0.5, 0.6) is 5.75 Å². The summed E-state index contributed by atoms with van der Waals surface area (Å²) >= 11 is 14.1. The second kappa shape index (κ2) is 11.6. The summed E-state index contributed by atoms with van der Waals surface area (Å²) in [6, 6.07) is 18.0. The van der Waals surface area contributed by atoms with Gasteiger partial charge in [0.25, 0.3) is 0 Å². The number of halogens is 3. The Morgan fingerprint density at radius 2 is 1.84 bits per heavy atom. The average Bonchev–Trinajstić information content (AvgIpc) is 3.23. The first kappa shape index (κ1) is 26.4. The van der Waals surface area contributed by atoms with Crippen molar-refractivity contribution >= 4 is 35.0 Å². The number of nitro groups is 1. The van der Waals surface area contributed by atoms with E-state index in [1.165, 1.54) is 12.1 Å². The molecule has 188 valence electrons. The zero-order valence-corrected chi connectivity index (χ0v) is 21.6. The van der Waals surface area contributed by atoms with E-state index >= 15 is 0 Å². The minimum Gasteiger partial charge on any atom is -0.486 e. The SMILES string of the molecule is Cc1nnc(S[C@H](C[N+](=O)[O-])c2cc(Cl)c(OCc3ccccc3C#N)c(Cl)c2)n1-c1ccc(F)cc1. The molecule has 0 unspecified atom stereocenters. The molecule has 1 heterocycles. The number of hydrogen-bond acceptors (Lipinski definition) is 7. The molecule has 8 nitrogen and oxygen atoms in total. The van der Waals surface area contributed by atoms with Crippen molar-refractivity contribution in [3.8, 4) is 17.5 Å². The van der Waals surface area contributed by atoms with Gasteiger partial charge in [0.2, 0.25) is 6.54 Å². The first-order valence-electron chi connectivity index (χ1n) is 10.8. The maximum Gasteiger partial charge on any atom is 0.220 e. The van der Waals surface area contributed by atoms with Crippen LogP contribution in [0.3, 0.4) is 0 Å². The number of rotatable bonds is 9. The van der Waals surface area contributed by atoms with Gasteiger partial charge in [0.05, 0.1) is 21.7 Å². The topological polar surface area (TPSA) is 107 Å². The smallest absolute Gasteiger partial charge is 0.220 e. The molecule has 0 spiro atoms. The minimum absolute atomic E-state index is 0.0651. The van der Waals surface area contributed by atoms with Gasteiger partial charge in [-0.1, -0.05) is 53.2 Å². The highest BCUT2D eigenvalue weighted by atomic mass is 35.5. The summed E-state index contributed by atoms with van der Waals surface area (Å²) in [4.78, 5) is 11.1. The predicted molar refractivity (Wildman–Crippen MR) is 138 cm³/mol. The van der Waals surface area contributed by atoms with Gasteiger partial charge in [-0.05, 0) is 55.0 Å². The summed E-state index contributed by atoms with van der Waals surface area (Å²) in [5.74, 6) is 0.346. The van der Waals surface area contributed by atoms with E-state index in [-0.39, 0.29) is 22.4 Å². The van der Waals surface area contributed by atoms with Crippen LogP contribution in [0.4, 0.5) is 4.39 Å². The third-order valence-corrected chi connectivity index (χ3v) is 7.09. The Morgan fingerprint density at radius 1 is 1.16 bits per heavy atom. The molecule has 4 rings (SSSR count). The lowest BCUT2D eigenvalue weighted by Gasteiger charge is -2.17. The summed E-state index contributed by atoms with van der Waals surface area (Å²) in [6.45, 7) is 1.35. The third kappa shape index (κ3) is 6.20. The summed E-state index contributed by atoms with van der Waals surface area (Å²) < 4.78 is 20.9. The first-order valence-corrected chi connectivity index (χ1v) is 12.5. The quantitative estimate of drug-likeness (QED) is 0.130. The molecule has 3 aromatic carbocycles. The highest BCUT2D eigenvalue weighted by Gasteiger charge is 2.26. The van der Waals surface area contributed by atoms with Gasteiger partial charge in [-0.25, -0.2) is 4.39 Å². The van der Waals surface area contributed by atoms with Crippen molar-refractivity contribution in [3.05, 3.63) is 109 Å². The van der Waals surface area contributed by atoms with E-state index in [1.54, 1.807) is 60.0 Å². The molecule has 12 heteroatoms. The Labute approximate surface area is 225 Å². The second-order valence-corrected chi connectivity index (χ2v) is 9.82. The van der Waals surface area contributed by atoms with E-state index in [4.69, 9.17) is 27.9 Å². The predicted octanol–water partition coefficient (Wildman–Crippen LogP) is 6.58. The number of thioether (sulfide) groups is 1. The maximum atomic E-state index is 13.4. The Balaban J connectivity index is 1.62. The fraction of sp³-hybridized carbons (Fsp3) is 0.160. The Kier molecular flexibility index (Phi) is 8.28. The molecular formula is C25H18Cl2FN5O3S. The molecule has 0 aliphatic carbocycles. The van der Waals surface area contributed by atoms with Crippen molar-refractivity contribution in [2.45, 2.75) is 23.9 Å². The Hall–Kier alpha value is -3.65. The Morgan fingerprint density at radius 3 is 2.49 bits per heavy atom. The van der Waals surface area contributed by atoms with Crippen molar-refractivity contribution < 1.29 is 14.1 Å². The van der Waals surface area contributed by atoms with Gasteiger partial charge in [-0.15, -0.1) is 10.2 Å². The normalized spacial score (nSPS) is 11.6. The lowest BCUT2D eigenvalue weighted by atomic mass is 10.1. The van der Waals surface area contributed by atoms with Crippen LogP contribution < -0.4 is 4.74 Å². The summed E-state index contributed by atoms with van der Waals surface area (Å²) in [5.41, 5.74) is 2.24. The molecule has 1 atom stereocenters. The van der Waals surface area contributed by atoms with Gasteiger partial charge >= 0.3 is 0 Å². The van der Waals surface area contributed by atoms with Gasteiger partial charge in [-0.3, -0.25) is 14.7 Å². The number of nitriles is 1. The number of ether oxygens (including phenoxy) is 1. The first-order chi connectivity index (χ1) is 17.8. The van der Waals surface area contributed by atoms with Crippen molar-refractivity contribution in [2.24, 2.45) is 0 Å². The molecule has 0 bridgehead atoms. The van der Waals surface area contributed by atoms with E-state index in [1.807, 2.05) is 0 Å². The Bertz CT molecular complexity index is 1470. The van der Waals surface area contributed by atoms with Crippen LogP contribution in [0.25, 0.3) is 5.69 Å². The lowest BCUT2D eigenvalue weighted by molar-refractivity contribution is -0.479. The zero-order valence-electron chi connectivity index (χ0n) is 19.3. The molecule has 4 aromatic rings. The molecule has 0 fully saturated rings. The van der Waals surface area contributed by atoms with E-state index in [9.17, 15) is 19.8 Å². The standard InChI is InChI=1S/C25H18Cl2FN5O3S/c1-15-30-31-25(33(15)20-8-6-19(28)7-9-20)37-23(13-32(34)35)18-10-21(26)24(22(27)11-18)36-14-17-5-3-2-4-16(17)12-29/h2-11,23H,13-14H2,1H3/t23-/m1/s1. The molecule has 0 saturated carbocycles. The average molecular weight is 558 g/mol. The van der Waals surface area contributed by atoms with Crippen molar-refractivity contribution in [3.63, 3.8) is 0 Å². The minimum atomic E-state index is -0.721. The van der Waals surface area contributed by atoms with Crippen LogP contribution in [-0.4, -0.2) is 26.2 Å². The van der Waals surface area contributed by atoms with Crippen LogP contribution in [0.2, 0.25) is 10.0 Å². The molecular weight excluding hydrogens is 540 g/mol. The molecule has 0 aliphatic rings. The van der Waals surface area contributed by atoms with Crippen LogP contribution in [0.15, 0.2) is 65.8 Å². The van der Waals surface area contributed by atoms with E-state index < -0.39 is 22.5 Å².